The fraction of sp³-hybridized carbons (Fsp3) is 0.941. The van der Waals surface area contributed by atoms with Gasteiger partial charge in [-0.1, -0.05) is 12.8 Å². The molecule has 2 aliphatic rings. The van der Waals surface area contributed by atoms with E-state index in [0.29, 0.717) is 18.0 Å². The van der Waals surface area contributed by atoms with Crippen LogP contribution in [0.3, 0.4) is 0 Å². The average Bonchev–Trinajstić information content (AvgIpc) is 2.90. The number of esters is 1. The Hall–Kier alpha value is -0.610. The SMILES string of the molecule is CNC1(C(=O)OC)CCCC1CCN1[C@H](C)CCC[C@@H]1C. The number of likely N-dealkylation sites (N-methyl/N-ethyl adjacent to an activating group) is 1. The zero-order valence-corrected chi connectivity index (χ0v) is 14.2. The van der Waals surface area contributed by atoms with Crippen molar-refractivity contribution in [3.63, 3.8) is 0 Å². The summed E-state index contributed by atoms with van der Waals surface area (Å²) in [6.45, 7) is 5.79. The molecule has 4 atom stereocenters. The second-order valence-electron chi connectivity index (χ2n) is 6.96. The summed E-state index contributed by atoms with van der Waals surface area (Å²) >= 11 is 0. The predicted molar refractivity (Wildman–Crippen MR) is 85.2 cm³/mol. The Morgan fingerprint density at radius 3 is 2.48 bits per heavy atom. The molecule has 1 N–H and O–H groups in total. The molecule has 2 rings (SSSR count). The number of nitrogens with zero attached hydrogens (tertiary/aromatic N) is 1. The van der Waals surface area contributed by atoms with Gasteiger partial charge in [0, 0.05) is 12.1 Å². The molecular formula is C17H32N2O2. The van der Waals surface area contributed by atoms with Crippen LogP contribution in [0.5, 0.6) is 0 Å². The maximum absolute atomic E-state index is 12.3. The van der Waals surface area contributed by atoms with Gasteiger partial charge in [-0.05, 0) is 65.5 Å². The molecule has 0 spiro atoms. The number of nitrogens with one attached hydrogen (secondary N) is 1. The van der Waals surface area contributed by atoms with Crippen LogP contribution in [0.1, 0.15) is 58.8 Å². The van der Waals surface area contributed by atoms with E-state index in [1.54, 1.807) is 0 Å². The van der Waals surface area contributed by atoms with Gasteiger partial charge in [0.2, 0.25) is 0 Å². The second kappa shape index (κ2) is 7.10. The third-order valence-electron chi connectivity index (χ3n) is 5.93. The number of hydrogen-bond donors (Lipinski definition) is 1. The van der Waals surface area contributed by atoms with Crippen molar-refractivity contribution < 1.29 is 9.53 Å². The number of rotatable bonds is 5. The zero-order valence-electron chi connectivity index (χ0n) is 14.2. The van der Waals surface area contributed by atoms with Crippen molar-refractivity contribution in [2.24, 2.45) is 5.92 Å². The lowest BCUT2D eigenvalue weighted by Gasteiger charge is -2.41. The Bertz CT molecular complexity index is 351. The van der Waals surface area contributed by atoms with Crippen LogP contribution in [-0.4, -0.2) is 49.2 Å². The molecule has 0 amide bonds. The molecule has 4 heteroatoms. The highest BCUT2D eigenvalue weighted by atomic mass is 16.5. The summed E-state index contributed by atoms with van der Waals surface area (Å²) in [5, 5.41) is 3.30. The van der Waals surface area contributed by atoms with Crippen LogP contribution in [0.2, 0.25) is 0 Å². The summed E-state index contributed by atoms with van der Waals surface area (Å²) in [5.41, 5.74) is -0.447. The number of hydrogen-bond acceptors (Lipinski definition) is 4. The van der Waals surface area contributed by atoms with Gasteiger partial charge < -0.3 is 10.1 Å². The monoisotopic (exact) mass is 296 g/mol. The Kier molecular flexibility index (Phi) is 5.67. The molecule has 0 radical (unpaired) electrons. The normalized spacial score (nSPS) is 37.6. The van der Waals surface area contributed by atoms with E-state index in [2.05, 4.69) is 24.1 Å². The maximum Gasteiger partial charge on any atom is 0.326 e. The minimum Gasteiger partial charge on any atom is -0.468 e. The van der Waals surface area contributed by atoms with Gasteiger partial charge in [0.05, 0.1) is 7.11 Å². The molecule has 1 heterocycles. The van der Waals surface area contributed by atoms with Crippen molar-refractivity contribution in [2.45, 2.75) is 76.4 Å². The van der Waals surface area contributed by atoms with Crippen LogP contribution >= 0.6 is 0 Å². The molecule has 0 aromatic rings. The van der Waals surface area contributed by atoms with Gasteiger partial charge in [0.25, 0.3) is 0 Å². The first-order chi connectivity index (χ1) is 10.0. The molecule has 2 unspecified atom stereocenters. The Morgan fingerprint density at radius 2 is 1.90 bits per heavy atom. The molecule has 1 aliphatic carbocycles. The molecular weight excluding hydrogens is 264 g/mol. The molecule has 2 fully saturated rings. The summed E-state index contributed by atoms with van der Waals surface area (Å²) in [6.07, 6.45) is 8.21. The van der Waals surface area contributed by atoms with E-state index in [-0.39, 0.29) is 5.97 Å². The highest BCUT2D eigenvalue weighted by Gasteiger charge is 2.48. The van der Waals surface area contributed by atoms with Crippen molar-refractivity contribution in [2.75, 3.05) is 20.7 Å². The van der Waals surface area contributed by atoms with Gasteiger partial charge in [-0.25, -0.2) is 0 Å². The van der Waals surface area contributed by atoms with E-state index in [1.165, 1.54) is 26.4 Å². The van der Waals surface area contributed by atoms with E-state index in [0.717, 1.165) is 32.2 Å². The summed E-state index contributed by atoms with van der Waals surface area (Å²) in [5.74, 6) is 0.323. The number of carbonyl (C=O) groups excluding carboxylic acids is 1. The lowest BCUT2D eigenvalue weighted by atomic mass is 9.84. The van der Waals surface area contributed by atoms with Gasteiger partial charge in [0.15, 0.2) is 0 Å². The summed E-state index contributed by atoms with van der Waals surface area (Å²) in [6, 6.07) is 1.36. The third kappa shape index (κ3) is 3.26. The zero-order chi connectivity index (χ0) is 15.5. The lowest BCUT2D eigenvalue weighted by molar-refractivity contribution is -0.150. The van der Waals surface area contributed by atoms with E-state index in [9.17, 15) is 4.79 Å². The number of likely N-dealkylation sites (tertiary alicyclic amines) is 1. The van der Waals surface area contributed by atoms with Crippen LogP contribution in [0, 0.1) is 5.92 Å². The molecule has 0 bridgehead atoms. The fourth-order valence-corrected chi connectivity index (χ4v) is 4.57. The molecule has 1 saturated heterocycles. The van der Waals surface area contributed by atoms with E-state index in [4.69, 9.17) is 4.74 Å². The highest BCUT2D eigenvalue weighted by molar-refractivity contribution is 5.81. The molecule has 0 aromatic heterocycles. The Labute approximate surface area is 129 Å². The van der Waals surface area contributed by atoms with Crippen molar-refractivity contribution in [3.05, 3.63) is 0 Å². The van der Waals surface area contributed by atoms with Crippen LogP contribution in [-0.2, 0) is 9.53 Å². The van der Waals surface area contributed by atoms with Crippen LogP contribution in [0.25, 0.3) is 0 Å². The van der Waals surface area contributed by atoms with Gasteiger partial charge in [-0.2, -0.15) is 0 Å². The van der Waals surface area contributed by atoms with Crippen LogP contribution in [0.4, 0.5) is 0 Å². The van der Waals surface area contributed by atoms with Crippen molar-refractivity contribution in [1.82, 2.24) is 10.2 Å². The average molecular weight is 296 g/mol. The lowest BCUT2D eigenvalue weighted by Crippen LogP contribution is -2.55. The first-order valence-electron chi connectivity index (χ1n) is 8.58. The minimum atomic E-state index is -0.447. The van der Waals surface area contributed by atoms with Gasteiger partial charge in [0.1, 0.15) is 5.54 Å². The van der Waals surface area contributed by atoms with Crippen molar-refractivity contribution in [3.8, 4) is 0 Å². The number of piperidine rings is 1. The van der Waals surface area contributed by atoms with Crippen molar-refractivity contribution in [1.29, 1.82) is 0 Å². The first-order valence-corrected chi connectivity index (χ1v) is 8.58. The van der Waals surface area contributed by atoms with Gasteiger partial charge in [-0.3, -0.25) is 9.69 Å². The fourth-order valence-electron chi connectivity index (χ4n) is 4.57. The van der Waals surface area contributed by atoms with Crippen molar-refractivity contribution >= 4 is 5.97 Å². The number of methoxy groups -OCH3 is 1. The number of ether oxygens (including phenoxy) is 1. The number of carbonyl (C=O) groups is 1. The van der Waals surface area contributed by atoms with Crippen LogP contribution in [0.15, 0.2) is 0 Å². The largest absolute Gasteiger partial charge is 0.468 e. The standard InChI is InChI=1S/C17H32N2O2/c1-13-7-5-8-14(2)19(13)12-10-15-9-6-11-17(15,18-3)16(20)21-4/h13-15,18H,5-12H2,1-4H3/t13-,14+,15?,17?. The molecule has 1 saturated carbocycles. The summed E-state index contributed by atoms with van der Waals surface area (Å²) in [7, 11) is 3.41. The van der Waals surface area contributed by atoms with Crippen LogP contribution < -0.4 is 5.32 Å². The van der Waals surface area contributed by atoms with Gasteiger partial charge >= 0.3 is 5.97 Å². The van der Waals surface area contributed by atoms with E-state index in [1.807, 2.05) is 7.05 Å². The Balaban J connectivity index is 1.99. The topological polar surface area (TPSA) is 41.6 Å². The summed E-state index contributed by atoms with van der Waals surface area (Å²) < 4.78 is 5.08. The summed E-state index contributed by atoms with van der Waals surface area (Å²) in [4.78, 5) is 14.9. The molecule has 21 heavy (non-hydrogen) atoms. The second-order valence-corrected chi connectivity index (χ2v) is 6.96. The smallest absolute Gasteiger partial charge is 0.326 e. The van der Waals surface area contributed by atoms with E-state index >= 15 is 0 Å². The Morgan fingerprint density at radius 1 is 1.24 bits per heavy atom. The third-order valence-corrected chi connectivity index (χ3v) is 5.93. The molecule has 4 nitrogen and oxygen atoms in total. The van der Waals surface area contributed by atoms with Gasteiger partial charge in [-0.15, -0.1) is 0 Å². The maximum atomic E-state index is 12.3. The quantitative estimate of drug-likeness (QED) is 0.792. The highest BCUT2D eigenvalue weighted by Crippen LogP contribution is 2.39. The first kappa shape index (κ1) is 16.8. The molecule has 0 aromatic carbocycles. The van der Waals surface area contributed by atoms with E-state index < -0.39 is 5.54 Å². The molecule has 1 aliphatic heterocycles. The molecule has 122 valence electrons. The predicted octanol–water partition coefficient (Wildman–Crippen LogP) is 2.57. The minimum absolute atomic E-state index is 0.0766.